The Morgan fingerprint density at radius 1 is 0.380 bits per heavy atom. The van der Waals surface area contributed by atoms with E-state index in [-0.39, 0.29) is 0 Å². The van der Waals surface area contributed by atoms with Crippen LogP contribution >= 0.6 is 11.3 Å². The van der Waals surface area contributed by atoms with Crippen LogP contribution in [0, 0.1) is 0 Å². The summed E-state index contributed by atoms with van der Waals surface area (Å²) >= 11 is 1.79. The van der Waals surface area contributed by atoms with E-state index < -0.39 is 0 Å². The molecule has 0 aliphatic carbocycles. The molecule has 0 amide bonds. The molecule has 0 bridgehead atoms. The Kier molecular flexibility index (Phi) is 6.64. The highest BCUT2D eigenvalue weighted by Gasteiger charge is 2.19. The lowest BCUT2D eigenvalue weighted by molar-refractivity contribution is 0.670. The zero-order chi connectivity index (χ0) is 33.0. The van der Waals surface area contributed by atoms with E-state index in [1.54, 1.807) is 11.3 Å². The Morgan fingerprint density at radius 3 is 1.66 bits per heavy atom. The van der Waals surface area contributed by atoms with E-state index in [1.165, 1.54) is 31.3 Å². The second kappa shape index (κ2) is 11.6. The molecule has 0 saturated carbocycles. The van der Waals surface area contributed by atoms with Crippen molar-refractivity contribution in [3.63, 3.8) is 0 Å². The third-order valence-electron chi connectivity index (χ3n) is 9.35. The molecule has 0 aliphatic rings. The van der Waals surface area contributed by atoms with Crippen molar-refractivity contribution in [2.45, 2.75) is 0 Å². The van der Waals surface area contributed by atoms with Gasteiger partial charge < -0.3 is 4.42 Å². The zero-order valence-electron chi connectivity index (χ0n) is 26.7. The lowest BCUT2D eigenvalue weighted by atomic mass is 9.94. The van der Waals surface area contributed by atoms with Crippen molar-refractivity contribution in [1.82, 2.24) is 15.0 Å². The molecule has 5 heteroatoms. The highest BCUT2D eigenvalue weighted by Crippen LogP contribution is 2.44. The Hall–Kier alpha value is -6.43. The SMILES string of the molecule is c1ccc(-c2nc(-c3ccccc3)nc(-c3ccc4c(c3)sc3ccc(-c5ccc(-c6ccccc6)c6c5oc5ccccc56)cc34)n2)cc1. The predicted octanol–water partition coefficient (Wildman–Crippen LogP) is 12.5. The van der Waals surface area contributed by atoms with Gasteiger partial charge in [0.05, 0.1) is 0 Å². The molecule has 3 heterocycles. The maximum absolute atomic E-state index is 6.61. The normalized spacial score (nSPS) is 11.6. The van der Waals surface area contributed by atoms with Gasteiger partial charge in [0.25, 0.3) is 0 Å². The molecule has 0 spiro atoms. The van der Waals surface area contributed by atoms with Crippen molar-refractivity contribution in [2.24, 2.45) is 0 Å². The standard InChI is InChI=1S/C45H27N3OS/c1-4-12-28(13-5-1)33-23-24-34(42-41(33)36-18-10-11-19-38(36)49-42)31-21-25-39-37(26-31)35-22-20-32(27-40(35)50-39)45-47-43(29-14-6-2-7-15-29)46-44(48-45)30-16-8-3-9-17-30/h1-27H. The van der Waals surface area contributed by atoms with E-state index in [1.807, 2.05) is 66.7 Å². The van der Waals surface area contributed by atoms with Crippen LogP contribution in [0.25, 0.3) is 98.5 Å². The van der Waals surface area contributed by atoms with Gasteiger partial charge in [0, 0.05) is 53.2 Å². The lowest BCUT2D eigenvalue weighted by Crippen LogP contribution is -1.99. The molecule has 234 valence electrons. The molecule has 7 aromatic carbocycles. The minimum Gasteiger partial charge on any atom is -0.455 e. The summed E-state index contributed by atoms with van der Waals surface area (Å²) < 4.78 is 9.03. The third-order valence-corrected chi connectivity index (χ3v) is 10.5. The number of hydrogen-bond acceptors (Lipinski definition) is 5. The van der Waals surface area contributed by atoms with Crippen molar-refractivity contribution in [3.05, 3.63) is 164 Å². The van der Waals surface area contributed by atoms with Crippen molar-refractivity contribution in [3.8, 4) is 56.4 Å². The van der Waals surface area contributed by atoms with Gasteiger partial charge in [-0.25, -0.2) is 15.0 Å². The van der Waals surface area contributed by atoms with Crippen LogP contribution in [0.15, 0.2) is 168 Å². The molecule has 0 fully saturated rings. The van der Waals surface area contributed by atoms with Crippen LogP contribution in [0.3, 0.4) is 0 Å². The number of rotatable bonds is 5. The maximum atomic E-state index is 6.61. The zero-order valence-corrected chi connectivity index (χ0v) is 27.6. The molecular weight excluding hydrogens is 631 g/mol. The summed E-state index contributed by atoms with van der Waals surface area (Å²) in [5.41, 5.74) is 9.24. The van der Waals surface area contributed by atoms with Gasteiger partial charge in [0.2, 0.25) is 0 Å². The quantitative estimate of drug-likeness (QED) is 0.185. The van der Waals surface area contributed by atoms with Gasteiger partial charge >= 0.3 is 0 Å². The number of aromatic nitrogens is 3. The molecule has 0 radical (unpaired) electrons. The van der Waals surface area contributed by atoms with Crippen LogP contribution in [0.2, 0.25) is 0 Å². The summed E-state index contributed by atoms with van der Waals surface area (Å²) in [5, 5.41) is 4.70. The van der Waals surface area contributed by atoms with E-state index in [2.05, 4.69) is 97.1 Å². The van der Waals surface area contributed by atoms with E-state index in [0.717, 1.165) is 49.8 Å². The number of hydrogen-bond donors (Lipinski definition) is 0. The molecule has 10 aromatic rings. The Morgan fingerprint density at radius 2 is 0.960 bits per heavy atom. The highest BCUT2D eigenvalue weighted by atomic mass is 32.1. The van der Waals surface area contributed by atoms with Gasteiger partial charge in [0.1, 0.15) is 11.2 Å². The van der Waals surface area contributed by atoms with E-state index in [4.69, 9.17) is 19.4 Å². The van der Waals surface area contributed by atoms with Gasteiger partial charge in [-0.3, -0.25) is 0 Å². The van der Waals surface area contributed by atoms with Crippen molar-refractivity contribution in [1.29, 1.82) is 0 Å². The average Bonchev–Trinajstić information content (AvgIpc) is 3.77. The average molecular weight is 658 g/mol. The van der Waals surface area contributed by atoms with Crippen LogP contribution in [0.5, 0.6) is 0 Å². The summed E-state index contributed by atoms with van der Waals surface area (Å²) in [4.78, 5) is 14.8. The topological polar surface area (TPSA) is 51.8 Å². The Labute approximate surface area is 292 Å². The number of nitrogens with zero attached hydrogens (tertiary/aromatic N) is 3. The first-order valence-electron chi connectivity index (χ1n) is 16.6. The smallest absolute Gasteiger partial charge is 0.164 e. The number of fused-ring (bicyclic) bond motifs is 6. The van der Waals surface area contributed by atoms with Crippen LogP contribution in [0.1, 0.15) is 0 Å². The van der Waals surface area contributed by atoms with Gasteiger partial charge in [-0.15, -0.1) is 11.3 Å². The van der Waals surface area contributed by atoms with E-state index in [0.29, 0.717) is 17.5 Å². The molecule has 3 aromatic heterocycles. The van der Waals surface area contributed by atoms with Crippen molar-refractivity contribution >= 4 is 53.4 Å². The predicted molar refractivity (Wildman–Crippen MR) is 207 cm³/mol. The summed E-state index contributed by atoms with van der Waals surface area (Å²) in [7, 11) is 0. The summed E-state index contributed by atoms with van der Waals surface area (Å²) in [6.45, 7) is 0. The van der Waals surface area contributed by atoms with Crippen LogP contribution in [-0.4, -0.2) is 15.0 Å². The molecule has 0 unspecified atom stereocenters. The second-order valence-electron chi connectivity index (χ2n) is 12.4. The van der Waals surface area contributed by atoms with Crippen LogP contribution in [-0.2, 0) is 0 Å². The largest absolute Gasteiger partial charge is 0.455 e. The molecule has 0 saturated heterocycles. The van der Waals surface area contributed by atoms with E-state index >= 15 is 0 Å². The third kappa shape index (κ3) is 4.79. The van der Waals surface area contributed by atoms with Gasteiger partial charge in [-0.2, -0.15) is 0 Å². The first-order chi connectivity index (χ1) is 24.8. The Bertz CT molecular complexity index is 2800. The first kappa shape index (κ1) is 28.6. The molecule has 0 aliphatic heterocycles. The summed E-state index contributed by atoms with van der Waals surface area (Å²) in [5.74, 6) is 1.97. The fourth-order valence-electron chi connectivity index (χ4n) is 6.94. The fraction of sp³-hybridized carbons (Fsp3) is 0. The van der Waals surface area contributed by atoms with Crippen molar-refractivity contribution in [2.75, 3.05) is 0 Å². The highest BCUT2D eigenvalue weighted by molar-refractivity contribution is 7.25. The minimum atomic E-state index is 0.656. The van der Waals surface area contributed by atoms with Gasteiger partial charge in [0.15, 0.2) is 17.5 Å². The van der Waals surface area contributed by atoms with Gasteiger partial charge in [-0.05, 0) is 47.0 Å². The Balaban J connectivity index is 1.11. The summed E-state index contributed by atoms with van der Waals surface area (Å²) in [6, 6.07) is 56.8. The van der Waals surface area contributed by atoms with Crippen LogP contribution < -0.4 is 0 Å². The van der Waals surface area contributed by atoms with Gasteiger partial charge in [-0.1, -0.05) is 133 Å². The fourth-order valence-corrected chi connectivity index (χ4v) is 8.06. The van der Waals surface area contributed by atoms with Crippen LogP contribution in [0.4, 0.5) is 0 Å². The molecular formula is C45H27N3OS. The number of furan rings is 1. The second-order valence-corrected chi connectivity index (χ2v) is 13.5. The molecule has 0 atom stereocenters. The lowest BCUT2D eigenvalue weighted by Gasteiger charge is -2.09. The number of benzene rings is 7. The first-order valence-corrected chi connectivity index (χ1v) is 17.4. The molecule has 50 heavy (non-hydrogen) atoms. The monoisotopic (exact) mass is 657 g/mol. The minimum absolute atomic E-state index is 0.656. The molecule has 4 nitrogen and oxygen atoms in total. The van der Waals surface area contributed by atoms with E-state index in [9.17, 15) is 0 Å². The number of para-hydroxylation sites is 1. The number of thiophene rings is 1. The molecule has 0 N–H and O–H groups in total. The maximum Gasteiger partial charge on any atom is 0.164 e. The molecule has 10 rings (SSSR count). The van der Waals surface area contributed by atoms with Crippen molar-refractivity contribution < 1.29 is 4.42 Å². The summed E-state index contributed by atoms with van der Waals surface area (Å²) in [6.07, 6.45) is 0.